The molecule has 3 nitrogen and oxygen atoms in total. The Kier molecular flexibility index (Phi) is 4.81. The lowest BCUT2D eigenvalue weighted by atomic mass is 9.83. The fourth-order valence-electron chi connectivity index (χ4n) is 2.49. The molecule has 0 saturated carbocycles. The summed E-state index contributed by atoms with van der Waals surface area (Å²) >= 11 is 0. The van der Waals surface area contributed by atoms with Crippen LogP contribution in [0.4, 0.5) is 5.69 Å². The SMILES string of the molecule is CCCNc1ccnc(CN2CCC(C)(C)CC2)c1. The number of hydrogen-bond acceptors (Lipinski definition) is 3. The smallest absolute Gasteiger partial charge is 0.0564 e. The van der Waals surface area contributed by atoms with Gasteiger partial charge in [-0.1, -0.05) is 20.8 Å². The summed E-state index contributed by atoms with van der Waals surface area (Å²) in [4.78, 5) is 7.02. The molecule has 1 aliphatic rings. The number of pyridine rings is 1. The number of hydrogen-bond donors (Lipinski definition) is 1. The average molecular weight is 261 g/mol. The topological polar surface area (TPSA) is 28.2 Å². The number of rotatable bonds is 5. The van der Waals surface area contributed by atoms with E-state index in [2.05, 4.69) is 48.1 Å². The standard InChI is InChI=1S/C16H27N3/c1-4-8-17-14-5-9-18-15(12-14)13-19-10-6-16(2,3)7-11-19/h5,9,12H,4,6-8,10-11,13H2,1-3H3,(H,17,18). The van der Waals surface area contributed by atoms with Crippen LogP contribution in [0.25, 0.3) is 0 Å². The van der Waals surface area contributed by atoms with E-state index in [1.807, 2.05) is 6.20 Å². The van der Waals surface area contributed by atoms with Gasteiger partial charge in [0.25, 0.3) is 0 Å². The van der Waals surface area contributed by atoms with Crippen LogP contribution in [0.2, 0.25) is 0 Å². The first-order chi connectivity index (χ1) is 9.09. The van der Waals surface area contributed by atoms with Crippen molar-refractivity contribution < 1.29 is 0 Å². The molecule has 0 radical (unpaired) electrons. The zero-order chi connectivity index (χ0) is 13.7. The van der Waals surface area contributed by atoms with Crippen LogP contribution in [0, 0.1) is 5.41 Å². The van der Waals surface area contributed by atoms with E-state index in [1.54, 1.807) is 0 Å². The fourth-order valence-corrected chi connectivity index (χ4v) is 2.49. The van der Waals surface area contributed by atoms with Crippen molar-refractivity contribution in [2.75, 3.05) is 25.0 Å². The van der Waals surface area contributed by atoms with E-state index in [9.17, 15) is 0 Å². The average Bonchev–Trinajstić information content (AvgIpc) is 2.39. The van der Waals surface area contributed by atoms with Crippen molar-refractivity contribution in [3.8, 4) is 0 Å². The number of piperidine rings is 1. The third-order valence-corrected chi connectivity index (χ3v) is 3.99. The van der Waals surface area contributed by atoms with Crippen LogP contribution < -0.4 is 5.32 Å². The molecule has 1 fully saturated rings. The predicted molar refractivity (Wildman–Crippen MR) is 81.3 cm³/mol. The molecular weight excluding hydrogens is 234 g/mol. The second-order valence-electron chi connectivity index (χ2n) is 6.40. The van der Waals surface area contributed by atoms with Gasteiger partial charge in [0.2, 0.25) is 0 Å². The van der Waals surface area contributed by atoms with Crippen molar-refractivity contribution in [1.29, 1.82) is 0 Å². The first-order valence-corrected chi connectivity index (χ1v) is 7.50. The molecule has 0 bridgehead atoms. The van der Waals surface area contributed by atoms with Crippen LogP contribution in [-0.2, 0) is 6.54 Å². The molecule has 0 spiro atoms. The molecule has 1 N–H and O–H groups in total. The summed E-state index contributed by atoms with van der Waals surface area (Å²) in [5.74, 6) is 0. The Hall–Kier alpha value is -1.09. The van der Waals surface area contributed by atoms with E-state index >= 15 is 0 Å². The van der Waals surface area contributed by atoms with Gasteiger partial charge in [0.15, 0.2) is 0 Å². The lowest BCUT2D eigenvalue weighted by Crippen LogP contribution is -2.36. The molecule has 106 valence electrons. The van der Waals surface area contributed by atoms with E-state index in [-0.39, 0.29) is 0 Å². The van der Waals surface area contributed by atoms with E-state index in [0.717, 1.165) is 19.5 Å². The zero-order valence-electron chi connectivity index (χ0n) is 12.6. The second kappa shape index (κ2) is 6.38. The Bertz CT molecular complexity index is 391. The van der Waals surface area contributed by atoms with E-state index in [1.165, 1.54) is 37.3 Å². The van der Waals surface area contributed by atoms with E-state index < -0.39 is 0 Å². The third-order valence-electron chi connectivity index (χ3n) is 3.99. The van der Waals surface area contributed by atoms with Gasteiger partial charge in [-0.05, 0) is 49.9 Å². The minimum absolute atomic E-state index is 0.522. The lowest BCUT2D eigenvalue weighted by molar-refractivity contribution is 0.126. The summed E-state index contributed by atoms with van der Waals surface area (Å²) < 4.78 is 0. The molecule has 0 aliphatic carbocycles. The molecule has 0 amide bonds. The van der Waals surface area contributed by atoms with Gasteiger partial charge in [-0.25, -0.2) is 0 Å². The fraction of sp³-hybridized carbons (Fsp3) is 0.688. The van der Waals surface area contributed by atoms with Gasteiger partial charge in [-0.15, -0.1) is 0 Å². The highest BCUT2D eigenvalue weighted by Gasteiger charge is 2.25. The highest BCUT2D eigenvalue weighted by molar-refractivity contribution is 5.43. The van der Waals surface area contributed by atoms with Crippen LogP contribution in [-0.4, -0.2) is 29.5 Å². The van der Waals surface area contributed by atoms with Crippen molar-refractivity contribution in [3.05, 3.63) is 24.0 Å². The van der Waals surface area contributed by atoms with Crippen LogP contribution in [0.15, 0.2) is 18.3 Å². The Morgan fingerprint density at radius 2 is 2.05 bits per heavy atom. The van der Waals surface area contributed by atoms with Gasteiger partial charge in [-0.2, -0.15) is 0 Å². The van der Waals surface area contributed by atoms with Crippen molar-refractivity contribution in [3.63, 3.8) is 0 Å². The Morgan fingerprint density at radius 1 is 1.32 bits per heavy atom. The Balaban J connectivity index is 1.89. The first kappa shape index (κ1) is 14.3. The Morgan fingerprint density at radius 3 is 2.74 bits per heavy atom. The van der Waals surface area contributed by atoms with Gasteiger partial charge in [0, 0.05) is 25.0 Å². The molecule has 1 aliphatic heterocycles. The minimum atomic E-state index is 0.522. The van der Waals surface area contributed by atoms with Crippen LogP contribution >= 0.6 is 0 Å². The highest BCUT2D eigenvalue weighted by Crippen LogP contribution is 2.30. The van der Waals surface area contributed by atoms with Gasteiger partial charge in [-0.3, -0.25) is 9.88 Å². The summed E-state index contributed by atoms with van der Waals surface area (Å²) in [7, 11) is 0. The van der Waals surface area contributed by atoms with Crippen molar-refractivity contribution in [2.45, 2.75) is 46.6 Å². The van der Waals surface area contributed by atoms with Crippen molar-refractivity contribution in [2.24, 2.45) is 5.41 Å². The van der Waals surface area contributed by atoms with Crippen LogP contribution in [0.3, 0.4) is 0 Å². The zero-order valence-corrected chi connectivity index (χ0v) is 12.6. The highest BCUT2D eigenvalue weighted by atomic mass is 15.1. The maximum Gasteiger partial charge on any atom is 0.0564 e. The molecule has 0 atom stereocenters. The number of aromatic nitrogens is 1. The summed E-state index contributed by atoms with van der Waals surface area (Å²) in [6, 6.07) is 4.24. The largest absolute Gasteiger partial charge is 0.385 e. The van der Waals surface area contributed by atoms with Gasteiger partial charge < -0.3 is 5.32 Å². The first-order valence-electron chi connectivity index (χ1n) is 7.50. The Labute approximate surface area is 117 Å². The normalized spacial score (nSPS) is 19.3. The molecule has 1 aromatic heterocycles. The van der Waals surface area contributed by atoms with Gasteiger partial charge in [0.05, 0.1) is 5.69 Å². The number of nitrogens with zero attached hydrogens (tertiary/aromatic N) is 2. The second-order valence-corrected chi connectivity index (χ2v) is 6.40. The molecule has 2 rings (SSSR count). The minimum Gasteiger partial charge on any atom is -0.385 e. The van der Waals surface area contributed by atoms with Gasteiger partial charge in [0.1, 0.15) is 0 Å². The van der Waals surface area contributed by atoms with Crippen LogP contribution in [0.1, 0.15) is 45.7 Å². The lowest BCUT2D eigenvalue weighted by Gasteiger charge is -2.36. The number of anilines is 1. The molecule has 1 saturated heterocycles. The van der Waals surface area contributed by atoms with Crippen molar-refractivity contribution in [1.82, 2.24) is 9.88 Å². The molecule has 0 aromatic carbocycles. The van der Waals surface area contributed by atoms with Crippen molar-refractivity contribution >= 4 is 5.69 Å². The summed E-state index contributed by atoms with van der Waals surface area (Å²) in [6.45, 7) is 11.3. The van der Waals surface area contributed by atoms with Gasteiger partial charge >= 0.3 is 0 Å². The summed E-state index contributed by atoms with van der Waals surface area (Å²) in [5.41, 5.74) is 2.90. The molecular formula is C16H27N3. The molecule has 0 unspecified atom stereocenters. The summed E-state index contributed by atoms with van der Waals surface area (Å²) in [6.07, 6.45) is 5.65. The maximum absolute atomic E-state index is 4.50. The quantitative estimate of drug-likeness (QED) is 0.879. The molecule has 19 heavy (non-hydrogen) atoms. The monoisotopic (exact) mass is 261 g/mol. The van der Waals surface area contributed by atoms with Crippen LogP contribution in [0.5, 0.6) is 0 Å². The maximum atomic E-state index is 4.50. The summed E-state index contributed by atoms with van der Waals surface area (Å²) in [5, 5.41) is 3.43. The molecule has 3 heteroatoms. The van der Waals surface area contributed by atoms with E-state index in [0.29, 0.717) is 5.41 Å². The molecule has 1 aromatic rings. The predicted octanol–water partition coefficient (Wildman–Crippen LogP) is 3.53. The van der Waals surface area contributed by atoms with E-state index in [4.69, 9.17) is 0 Å². The third kappa shape index (κ3) is 4.50. The molecule has 2 heterocycles. The number of nitrogens with one attached hydrogen (secondary N) is 1. The number of likely N-dealkylation sites (tertiary alicyclic amines) is 1.